The summed E-state index contributed by atoms with van der Waals surface area (Å²) in [5, 5.41) is 20.9. The summed E-state index contributed by atoms with van der Waals surface area (Å²) < 4.78 is 3.23. The van der Waals surface area contributed by atoms with Gasteiger partial charge in [0, 0.05) is 12.7 Å². The zero-order valence-corrected chi connectivity index (χ0v) is 16.3. The summed E-state index contributed by atoms with van der Waals surface area (Å²) in [5.74, 6) is 0.372. The number of anilines is 1. The van der Waals surface area contributed by atoms with E-state index in [1.165, 1.54) is 16.3 Å². The van der Waals surface area contributed by atoms with Gasteiger partial charge in [-0.2, -0.15) is 5.26 Å². The highest BCUT2D eigenvalue weighted by Crippen LogP contribution is 2.21. The van der Waals surface area contributed by atoms with Crippen LogP contribution in [0.4, 0.5) is 5.69 Å². The molecule has 0 fully saturated rings. The van der Waals surface area contributed by atoms with Crippen LogP contribution in [0, 0.1) is 11.3 Å². The van der Waals surface area contributed by atoms with Crippen molar-refractivity contribution in [1.29, 1.82) is 5.26 Å². The van der Waals surface area contributed by atoms with Crippen molar-refractivity contribution < 1.29 is 4.79 Å². The van der Waals surface area contributed by atoms with E-state index in [2.05, 4.69) is 21.6 Å². The molecule has 0 radical (unpaired) electrons. The van der Waals surface area contributed by atoms with Crippen LogP contribution in [0.15, 0.2) is 58.5 Å². The van der Waals surface area contributed by atoms with Crippen molar-refractivity contribution in [1.82, 2.24) is 19.2 Å². The van der Waals surface area contributed by atoms with E-state index >= 15 is 0 Å². The first kappa shape index (κ1) is 18.7. The van der Waals surface area contributed by atoms with Crippen molar-refractivity contribution in [3.8, 4) is 6.07 Å². The molecule has 0 atom stereocenters. The molecular weight excluding hydrogens is 388 g/mol. The molecule has 4 rings (SSSR count). The summed E-state index contributed by atoms with van der Waals surface area (Å²) >= 11 is 1.24. The van der Waals surface area contributed by atoms with Crippen molar-refractivity contribution in [3.63, 3.8) is 0 Å². The summed E-state index contributed by atoms with van der Waals surface area (Å²) in [6, 6.07) is 16.5. The van der Waals surface area contributed by atoms with Crippen LogP contribution in [0.2, 0.25) is 0 Å². The van der Waals surface area contributed by atoms with Gasteiger partial charge in [-0.25, -0.2) is 0 Å². The van der Waals surface area contributed by atoms with Gasteiger partial charge < -0.3 is 5.32 Å². The molecule has 8 nitrogen and oxygen atoms in total. The number of aryl methyl sites for hydroxylation is 1. The number of para-hydroxylation sites is 1. The van der Waals surface area contributed by atoms with Crippen molar-refractivity contribution in [2.75, 3.05) is 11.1 Å². The Morgan fingerprint density at radius 2 is 1.93 bits per heavy atom. The molecule has 2 heterocycles. The number of hydrogen-bond donors (Lipinski definition) is 1. The maximum atomic E-state index is 12.5. The van der Waals surface area contributed by atoms with Gasteiger partial charge in [0.25, 0.3) is 5.56 Å². The number of nitrogens with zero attached hydrogens (tertiary/aromatic N) is 5. The fourth-order valence-electron chi connectivity index (χ4n) is 3.03. The number of rotatable bonds is 5. The highest BCUT2D eigenvalue weighted by molar-refractivity contribution is 7.99. The van der Waals surface area contributed by atoms with E-state index in [0.717, 1.165) is 5.56 Å². The van der Waals surface area contributed by atoms with Gasteiger partial charge in [0.15, 0.2) is 5.16 Å². The summed E-state index contributed by atoms with van der Waals surface area (Å²) in [7, 11) is 1.65. The molecule has 0 aliphatic heterocycles. The second kappa shape index (κ2) is 7.77. The molecule has 144 valence electrons. The van der Waals surface area contributed by atoms with Gasteiger partial charge in [-0.15, -0.1) is 10.2 Å². The molecule has 4 aromatic rings. The number of amides is 1. The first-order chi connectivity index (χ1) is 14.1. The van der Waals surface area contributed by atoms with Gasteiger partial charge in [0.1, 0.15) is 0 Å². The topological polar surface area (TPSA) is 105 Å². The molecule has 9 heteroatoms. The van der Waals surface area contributed by atoms with E-state index < -0.39 is 0 Å². The second-order valence-electron chi connectivity index (χ2n) is 6.37. The lowest BCUT2D eigenvalue weighted by molar-refractivity contribution is -0.113. The second-order valence-corrected chi connectivity index (χ2v) is 7.31. The standard InChI is InChI=1S/C20H16N6O2S/c1-25-18(28)15-4-2-3-5-16(15)26-19(25)23-24-20(26)29-12-17(27)22-14-8-6-13(7-9-14)10-11-21/h2-9H,10,12H2,1H3,(H,22,27). The Hall–Kier alpha value is -3.64. The SMILES string of the molecule is Cn1c(=O)c2ccccc2n2c(SCC(=O)Nc3ccc(CC#N)cc3)nnc12. The fourth-order valence-corrected chi connectivity index (χ4v) is 3.77. The minimum Gasteiger partial charge on any atom is -0.325 e. The third-order valence-electron chi connectivity index (χ3n) is 4.45. The quantitative estimate of drug-likeness (QED) is 0.512. The van der Waals surface area contributed by atoms with Crippen LogP contribution in [-0.2, 0) is 18.3 Å². The molecule has 1 N–H and O–H groups in total. The van der Waals surface area contributed by atoms with E-state index in [-0.39, 0.29) is 17.2 Å². The first-order valence-corrected chi connectivity index (χ1v) is 9.78. The molecule has 0 saturated carbocycles. The Morgan fingerprint density at radius 3 is 2.69 bits per heavy atom. The third-order valence-corrected chi connectivity index (χ3v) is 5.38. The molecule has 0 bridgehead atoms. The maximum absolute atomic E-state index is 12.5. The van der Waals surface area contributed by atoms with Crippen molar-refractivity contribution in [2.24, 2.45) is 7.05 Å². The summed E-state index contributed by atoms with van der Waals surface area (Å²) in [5.41, 5.74) is 2.12. The van der Waals surface area contributed by atoms with Gasteiger partial charge in [0.05, 0.1) is 29.1 Å². The minimum atomic E-state index is -0.186. The fraction of sp³-hybridized carbons (Fsp3) is 0.150. The Labute approximate surface area is 169 Å². The number of carbonyl (C=O) groups excluding carboxylic acids is 1. The van der Waals surface area contributed by atoms with E-state index in [0.29, 0.717) is 33.9 Å². The number of carbonyl (C=O) groups is 1. The predicted molar refractivity (Wildman–Crippen MR) is 111 cm³/mol. The monoisotopic (exact) mass is 404 g/mol. The van der Waals surface area contributed by atoms with Gasteiger partial charge >= 0.3 is 0 Å². The Bertz CT molecular complexity index is 1320. The Morgan fingerprint density at radius 1 is 1.17 bits per heavy atom. The van der Waals surface area contributed by atoms with Crippen LogP contribution < -0.4 is 10.9 Å². The van der Waals surface area contributed by atoms with Crippen LogP contribution in [0.5, 0.6) is 0 Å². The van der Waals surface area contributed by atoms with Crippen LogP contribution >= 0.6 is 11.8 Å². The van der Waals surface area contributed by atoms with Crippen molar-refractivity contribution in [2.45, 2.75) is 11.6 Å². The van der Waals surface area contributed by atoms with E-state index in [1.807, 2.05) is 30.3 Å². The molecule has 0 saturated heterocycles. The molecule has 2 aromatic heterocycles. The minimum absolute atomic E-state index is 0.137. The predicted octanol–water partition coefficient (Wildman–Crippen LogP) is 2.38. The lowest BCUT2D eigenvalue weighted by atomic mass is 10.1. The average Bonchev–Trinajstić information content (AvgIpc) is 3.16. The van der Waals surface area contributed by atoms with Crippen molar-refractivity contribution in [3.05, 3.63) is 64.4 Å². The van der Waals surface area contributed by atoms with Crippen LogP contribution in [0.1, 0.15) is 5.56 Å². The molecule has 0 aliphatic carbocycles. The normalized spacial score (nSPS) is 10.9. The highest BCUT2D eigenvalue weighted by Gasteiger charge is 2.16. The molecule has 0 unspecified atom stereocenters. The number of nitrogens with one attached hydrogen (secondary N) is 1. The summed E-state index contributed by atoms with van der Waals surface area (Å²) in [6.07, 6.45) is 0.334. The van der Waals surface area contributed by atoms with E-state index in [4.69, 9.17) is 5.26 Å². The highest BCUT2D eigenvalue weighted by atomic mass is 32.2. The number of thioether (sulfide) groups is 1. The molecule has 29 heavy (non-hydrogen) atoms. The smallest absolute Gasteiger partial charge is 0.262 e. The van der Waals surface area contributed by atoms with Crippen LogP contribution in [0.3, 0.4) is 0 Å². The lowest BCUT2D eigenvalue weighted by Crippen LogP contribution is -2.20. The Balaban J connectivity index is 1.55. The van der Waals surface area contributed by atoms with E-state index in [1.54, 1.807) is 29.6 Å². The number of aromatic nitrogens is 4. The molecule has 1 amide bonds. The van der Waals surface area contributed by atoms with Gasteiger partial charge in [-0.3, -0.25) is 18.6 Å². The van der Waals surface area contributed by atoms with Gasteiger partial charge in [0.2, 0.25) is 11.7 Å². The van der Waals surface area contributed by atoms with Gasteiger partial charge in [-0.05, 0) is 29.8 Å². The number of nitriles is 1. The van der Waals surface area contributed by atoms with Gasteiger partial charge in [-0.1, -0.05) is 36.0 Å². The first-order valence-electron chi connectivity index (χ1n) is 8.80. The van der Waals surface area contributed by atoms with E-state index in [9.17, 15) is 9.59 Å². The Kier molecular flexibility index (Phi) is 5.01. The number of benzene rings is 2. The van der Waals surface area contributed by atoms with Crippen LogP contribution in [0.25, 0.3) is 16.7 Å². The van der Waals surface area contributed by atoms with Crippen LogP contribution in [-0.4, -0.2) is 30.8 Å². The summed E-state index contributed by atoms with van der Waals surface area (Å²) in [6.45, 7) is 0. The molecule has 0 spiro atoms. The van der Waals surface area contributed by atoms with Crippen molar-refractivity contribution >= 4 is 40.0 Å². The maximum Gasteiger partial charge on any atom is 0.262 e. The largest absolute Gasteiger partial charge is 0.325 e. The number of fused-ring (bicyclic) bond motifs is 3. The average molecular weight is 404 g/mol. The zero-order valence-electron chi connectivity index (χ0n) is 15.5. The zero-order chi connectivity index (χ0) is 20.4. The third kappa shape index (κ3) is 3.58. The summed E-state index contributed by atoms with van der Waals surface area (Å²) in [4.78, 5) is 24.8. The lowest BCUT2D eigenvalue weighted by Gasteiger charge is -2.08. The molecular formula is C20H16N6O2S. The molecule has 2 aromatic carbocycles. The number of hydrogen-bond acceptors (Lipinski definition) is 6. The molecule has 0 aliphatic rings.